The second-order valence-electron chi connectivity index (χ2n) is 10.2. The third-order valence-electron chi connectivity index (χ3n) is 6.87. The molecular formula is C29H26F6NO3P. The Balaban J connectivity index is 1.53. The molecular weight excluding hydrogens is 555 g/mol. The first-order valence-corrected chi connectivity index (χ1v) is 15.1. The van der Waals surface area contributed by atoms with Crippen molar-refractivity contribution in [3.63, 3.8) is 0 Å². The SMILES string of the molecule is CP(C)(=O)c1ccccc1-c1cc(F)c(N2CCC[C@@H](CC(=O)Cc3ccc(C(F)(F)F)cc3F)C2=O)c(F)c1. The predicted octanol–water partition coefficient (Wildman–Crippen LogP) is 6.98. The Morgan fingerprint density at radius 3 is 2.23 bits per heavy atom. The molecule has 1 heterocycles. The van der Waals surface area contributed by atoms with Crippen molar-refractivity contribution in [3.8, 4) is 11.1 Å². The highest BCUT2D eigenvalue weighted by Crippen LogP contribution is 2.40. The summed E-state index contributed by atoms with van der Waals surface area (Å²) < 4.78 is 95.9. The third-order valence-corrected chi connectivity index (χ3v) is 8.42. The van der Waals surface area contributed by atoms with Crippen LogP contribution in [0.25, 0.3) is 11.1 Å². The molecule has 212 valence electrons. The lowest BCUT2D eigenvalue weighted by molar-refractivity contribution is -0.137. The number of anilines is 1. The summed E-state index contributed by atoms with van der Waals surface area (Å²) in [7, 11) is -2.77. The molecule has 1 aliphatic heterocycles. The van der Waals surface area contributed by atoms with E-state index in [1.807, 2.05) is 0 Å². The number of hydrogen-bond acceptors (Lipinski definition) is 3. The molecule has 0 unspecified atom stereocenters. The van der Waals surface area contributed by atoms with Crippen LogP contribution in [0.4, 0.5) is 32.0 Å². The lowest BCUT2D eigenvalue weighted by Crippen LogP contribution is -2.43. The molecule has 1 saturated heterocycles. The van der Waals surface area contributed by atoms with Gasteiger partial charge in [-0.25, -0.2) is 13.2 Å². The lowest BCUT2D eigenvalue weighted by atomic mass is 9.89. The first-order valence-electron chi connectivity index (χ1n) is 12.5. The van der Waals surface area contributed by atoms with E-state index < -0.39 is 66.0 Å². The van der Waals surface area contributed by atoms with Crippen LogP contribution in [0, 0.1) is 23.4 Å². The Hall–Kier alpha value is -3.39. The molecule has 0 aliphatic carbocycles. The fraction of sp³-hybridized carbons (Fsp3) is 0.310. The summed E-state index contributed by atoms with van der Waals surface area (Å²) in [4.78, 5) is 26.8. The summed E-state index contributed by atoms with van der Waals surface area (Å²) in [5.74, 6) is -5.38. The van der Waals surface area contributed by atoms with Crippen molar-refractivity contribution in [1.82, 2.24) is 0 Å². The van der Waals surface area contributed by atoms with Crippen LogP contribution in [0.5, 0.6) is 0 Å². The van der Waals surface area contributed by atoms with Crippen LogP contribution in [-0.4, -0.2) is 31.6 Å². The fourth-order valence-corrected chi connectivity index (χ4v) is 6.18. The van der Waals surface area contributed by atoms with Crippen LogP contribution in [0.1, 0.15) is 30.4 Å². The lowest BCUT2D eigenvalue weighted by Gasteiger charge is -2.32. The number of hydrogen-bond donors (Lipinski definition) is 0. The van der Waals surface area contributed by atoms with E-state index in [0.29, 0.717) is 29.4 Å². The molecule has 0 saturated carbocycles. The zero-order chi connectivity index (χ0) is 29.4. The standard InChI is InChI=1S/C29H26F6NO3P/c1-40(2,39)26-8-4-3-7-22(26)19-14-24(31)27(25(32)15-19)36-11-5-6-18(28(36)38)13-21(37)12-17-9-10-20(16-23(17)30)29(33,34)35/h3-4,7-10,14-16,18H,5-6,11-13H2,1-2H3/t18-/m0/s1. The third kappa shape index (κ3) is 6.33. The summed E-state index contributed by atoms with van der Waals surface area (Å²) in [6, 6.07) is 10.6. The van der Waals surface area contributed by atoms with Crippen molar-refractivity contribution in [3.05, 3.63) is 83.2 Å². The second-order valence-corrected chi connectivity index (χ2v) is 13.4. The first-order chi connectivity index (χ1) is 18.7. The van der Waals surface area contributed by atoms with Gasteiger partial charge in [-0.3, -0.25) is 9.59 Å². The van der Waals surface area contributed by atoms with E-state index in [-0.39, 0.29) is 30.5 Å². The van der Waals surface area contributed by atoms with E-state index >= 15 is 8.78 Å². The minimum absolute atomic E-state index is 0.0138. The van der Waals surface area contributed by atoms with Gasteiger partial charge in [-0.2, -0.15) is 13.2 Å². The number of carbonyl (C=O) groups is 2. The van der Waals surface area contributed by atoms with E-state index in [2.05, 4.69) is 0 Å². The Labute approximate surface area is 227 Å². The number of alkyl halides is 3. The fourth-order valence-electron chi connectivity index (χ4n) is 4.95. The molecule has 1 atom stereocenters. The number of halogens is 6. The van der Waals surface area contributed by atoms with Gasteiger partial charge < -0.3 is 9.46 Å². The molecule has 11 heteroatoms. The van der Waals surface area contributed by atoms with Gasteiger partial charge in [0.05, 0.1) is 5.56 Å². The van der Waals surface area contributed by atoms with Crippen molar-refractivity contribution in [1.29, 1.82) is 0 Å². The van der Waals surface area contributed by atoms with Gasteiger partial charge in [-0.05, 0) is 67.1 Å². The number of ketones is 1. The van der Waals surface area contributed by atoms with E-state index in [4.69, 9.17) is 0 Å². The second kappa shape index (κ2) is 11.2. The van der Waals surface area contributed by atoms with Gasteiger partial charge in [-0.1, -0.05) is 30.3 Å². The topological polar surface area (TPSA) is 54.5 Å². The smallest absolute Gasteiger partial charge is 0.319 e. The van der Waals surface area contributed by atoms with Gasteiger partial charge >= 0.3 is 6.18 Å². The minimum Gasteiger partial charge on any atom is -0.319 e. The Bertz CT molecular complexity index is 1490. The molecule has 0 spiro atoms. The maximum absolute atomic E-state index is 15.3. The van der Waals surface area contributed by atoms with Crippen LogP contribution in [0.15, 0.2) is 54.6 Å². The van der Waals surface area contributed by atoms with Gasteiger partial charge in [0.1, 0.15) is 24.4 Å². The van der Waals surface area contributed by atoms with Crippen molar-refractivity contribution < 1.29 is 40.5 Å². The number of Topliss-reactive ketones (excluding diaryl/α,β-unsaturated/α-hetero) is 1. The van der Waals surface area contributed by atoms with Gasteiger partial charge in [0, 0.05) is 30.6 Å². The highest BCUT2D eigenvalue weighted by Gasteiger charge is 2.35. The molecule has 3 aromatic carbocycles. The number of benzene rings is 3. The zero-order valence-corrected chi connectivity index (χ0v) is 22.6. The molecule has 4 rings (SSSR count). The summed E-state index contributed by atoms with van der Waals surface area (Å²) >= 11 is 0. The number of piperidine rings is 1. The number of rotatable bonds is 7. The highest BCUT2D eigenvalue weighted by atomic mass is 31.2. The summed E-state index contributed by atoms with van der Waals surface area (Å²) in [5.41, 5.74) is -1.42. The van der Waals surface area contributed by atoms with Gasteiger partial charge in [0.2, 0.25) is 5.91 Å². The molecule has 4 nitrogen and oxygen atoms in total. The maximum Gasteiger partial charge on any atom is 0.416 e. The summed E-state index contributed by atoms with van der Waals surface area (Å²) in [6.45, 7) is 3.11. The van der Waals surface area contributed by atoms with Crippen molar-refractivity contribution >= 4 is 29.8 Å². The van der Waals surface area contributed by atoms with E-state index in [0.717, 1.165) is 23.1 Å². The molecule has 3 aromatic rings. The molecule has 0 N–H and O–H groups in total. The van der Waals surface area contributed by atoms with Crippen LogP contribution in [0.2, 0.25) is 0 Å². The van der Waals surface area contributed by atoms with Crippen LogP contribution < -0.4 is 10.2 Å². The molecule has 1 amide bonds. The van der Waals surface area contributed by atoms with Crippen molar-refractivity contribution in [2.45, 2.75) is 31.9 Å². The van der Waals surface area contributed by atoms with Crippen molar-refractivity contribution in [2.24, 2.45) is 5.92 Å². The number of amides is 1. The Kier molecular flexibility index (Phi) is 8.31. The average Bonchev–Trinajstić information content (AvgIpc) is 2.86. The first kappa shape index (κ1) is 29.6. The van der Waals surface area contributed by atoms with Gasteiger partial charge in [0.25, 0.3) is 0 Å². The Morgan fingerprint density at radius 2 is 1.62 bits per heavy atom. The molecule has 0 radical (unpaired) electrons. The quantitative estimate of drug-likeness (QED) is 0.224. The average molecular weight is 581 g/mol. The zero-order valence-electron chi connectivity index (χ0n) is 21.7. The van der Waals surface area contributed by atoms with Crippen LogP contribution in [-0.2, 0) is 26.8 Å². The summed E-state index contributed by atoms with van der Waals surface area (Å²) in [5, 5.41) is 0.457. The van der Waals surface area contributed by atoms with Crippen LogP contribution >= 0.6 is 7.14 Å². The monoisotopic (exact) mass is 581 g/mol. The Morgan fingerprint density at radius 1 is 0.975 bits per heavy atom. The summed E-state index contributed by atoms with van der Waals surface area (Å²) in [6.07, 6.45) is -5.01. The highest BCUT2D eigenvalue weighted by molar-refractivity contribution is 7.70. The number of nitrogens with zero attached hydrogens (tertiary/aromatic N) is 1. The van der Waals surface area contributed by atoms with E-state index in [1.165, 1.54) is 0 Å². The minimum atomic E-state index is -4.73. The van der Waals surface area contributed by atoms with E-state index in [1.54, 1.807) is 37.6 Å². The predicted molar refractivity (Wildman–Crippen MR) is 141 cm³/mol. The molecule has 1 aliphatic rings. The van der Waals surface area contributed by atoms with Crippen molar-refractivity contribution in [2.75, 3.05) is 24.8 Å². The molecule has 1 fully saturated rings. The van der Waals surface area contributed by atoms with Gasteiger partial charge in [-0.15, -0.1) is 0 Å². The number of carbonyl (C=O) groups excluding carboxylic acids is 2. The van der Waals surface area contributed by atoms with Crippen LogP contribution in [0.3, 0.4) is 0 Å². The largest absolute Gasteiger partial charge is 0.416 e. The van der Waals surface area contributed by atoms with Gasteiger partial charge in [0.15, 0.2) is 11.6 Å². The maximum atomic E-state index is 15.3. The molecule has 0 bridgehead atoms. The molecule has 40 heavy (non-hydrogen) atoms. The molecule has 0 aromatic heterocycles. The normalized spacial score (nSPS) is 16.4. The van der Waals surface area contributed by atoms with E-state index in [9.17, 15) is 31.7 Å².